The van der Waals surface area contributed by atoms with E-state index in [9.17, 15) is 4.79 Å². The fourth-order valence-corrected chi connectivity index (χ4v) is 4.75. The number of amides is 1. The van der Waals surface area contributed by atoms with Crippen molar-refractivity contribution in [3.8, 4) is 11.3 Å². The number of hydrogen-bond acceptors (Lipinski definition) is 9. The predicted molar refractivity (Wildman–Crippen MR) is 138 cm³/mol. The number of carbonyl (C=O) groups excluding carboxylic acids is 1. The number of ether oxygens (including phenoxy) is 1. The van der Waals surface area contributed by atoms with E-state index in [1.807, 2.05) is 12.1 Å². The molecule has 0 aliphatic carbocycles. The van der Waals surface area contributed by atoms with Crippen LogP contribution in [0, 0.1) is 0 Å². The van der Waals surface area contributed by atoms with E-state index in [1.54, 1.807) is 18.6 Å². The number of pyridine rings is 1. The average Bonchev–Trinajstić information content (AvgIpc) is 2.89. The maximum atomic E-state index is 13.2. The number of fused-ring (bicyclic) bond motifs is 1. The molecular weight excluding hydrogens is 443 g/mol. The number of morpholine rings is 1. The van der Waals surface area contributed by atoms with Crippen molar-refractivity contribution >= 4 is 31.1 Å². The van der Waals surface area contributed by atoms with E-state index in [0.29, 0.717) is 31.1 Å². The quantitative estimate of drug-likeness (QED) is 0.457. The summed E-state index contributed by atoms with van der Waals surface area (Å²) in [7, 11) is 2.09. The summed E-state index contributed by atoms with van der Waals surface area (Å²) in [5.41, 5.74) is 17.6. The van der Waals surface area contributed by atoms with Gasteiger partial charge in [-0.1, -0.05) is 12.1 Å². The van der Waals surface area contributed by atoms with Gasteiger partial charge in [0.15, 0.2) is 19.5 Å². The fraction of sp³-hybridized carbons (Fsp3) is 0.333. The minimum Gasteiger partial charge on any atom is -0.382 e. The van der Waals surface area contributed by atoms with E-state index in [2.05, 4.69) is 50.1 Å². The van der Waals surface area contributed by atoms with Crippen molar-refractivity contribution in [2.75, 3.05) is 55.3 Å². The van der Waals surface area contributed by atoms with E-state index in [4.69, 9.17) is 16.2 Å². The topological polar surface area (TPSA) is 136 Å². The Morgan fingerprint density at radius 1 is 1.20 bits per heavy atom. The smallest absolute Gasteiger partial charge is 0.278 e. The van der Waals surface area contributed by atoms with Crippen LogP contribution in [0.3, 0.4) is 0 Å². The molecule has 1 unspecified atom stereocenters. The lowest BCUT2D eigenvalue weighted by Crippen LogP contribution is -2.37. The summed E-state index contributed by atoms with van der Waals surface area (Å²) in [5.74, 6) is -0.354. The van der Waals surface area contributed by atoms with Gasteiger partial charge in [0.2, 0.25) is 0 Å². The van der Waals surface area contributed by atoms with E-state index >= 15 is 0 Å². The summed E-state index contributed by atoms with van der Waals surface area (Å²) in [5, 5.41) is 2.93. The molecule has 1 atom stereocenters. The van der Waals surface area contributed by atoms with Gasteiger partial charge in [-0.3, -0.25) is 9.78 Å². The molecule has 11 heteroatoms. The highest BCUT2D eigenvalue weighted by Crippen LogP contribution is 2.31. The molecule has 2 aliphatic heterocycles. The summed E-state index contributed by atoms with van der Waals surface area (Å²) < 4.78 is 5.45. The Kier molecular flexibility index (Phi) is 6.62. The van der Waals surface area contributed by atoms with Crippen LogP contribution in [0.5, 0.6) is 0 Å². The number of benzene rings is 1. The molecule has 1 fully saturated rings. The van der Waals surface area contributed by atoms with Crippen molar-refractivity contribution in [3.05, 3.63) is 59.7 Å². The lowest BCUT2D eigenvalue weighted by Gasteiger charge is -2.34. The standard InChI is InChI=1S/C24H29BN8O2/c25-33-6-4-15-11-16(1-2-17(15)21(33)12-26)18-14-29-23(27)22(30-18)24(34)31-19-13-28-5-3-20(19)32-7-9-35-10-8-32/h1-3,5,11,13-14,21H,4,6-10,12,25-26H2,(H2,27,29)(H,31,34). The number of nitrogen functional groups attached to an aromatic ring is 1. The van der Waals surface area contributed by atoms with E-state index in [-0.39, 0.29) is 17.6 Å². The van der Waals surface area contributed by atoms with Crippen molar-refractivity contribution in [1.82, 2.24) is 19.8 Å². The molecule has 5 N–H and O–H groups in total. The van der Waals surface area contributed by atoms with Crippen LogP contribution in [0.4, 0.5) is 17.2 Å². The summed E-state index contributed by atoms with van der Waals surface area (Å²) >= 11 is 0. The van der Waals surface area contributed by atoms with E-state index < -0.39 is 5.91 Å². The number of nitrogens with one attached hydrogen (secondary N) is 1. The maximum absolute atomic E-state index is 13.2. The first-order valence-electron chi connectivity index (χ1n) is 11.8. The summed E-state index contributed by atoms with van der Waals surface area (Å²) in [6, 6.07) is 8.29. The molecule has 2 aliphatic rings. The molecule has 0 spiro atoms. The van der Waals surface area contributed by atoms with Gasteiger partial charge in [0.1, 0.15) is 0 Å². The van der Waals surface area contributed by atoms with Gasteiger partial charge < -0.3 is 31.2 Å². The SMILES string of the molecule is BN1CCc2cc(-c3cnc(N)c(C(=O)Nc4cnccc4N4CCOCC4)n3)ccc2C1CN. The van der Waals surface area contributed by atoms with Crippen molar-refractivity contribution in [2.24, 2.45) is 5.73 Å². The largest absolute Gasteiger partial charge is 0.382 e. The van der Waals surface area contributed by atoms with Gasteiger partial charge in [0.25, 0.3) is 5.91 Å². The van der Waals surface area contributed by atoms with E-state index in [0.717, 1.165) is 37.3 Å². The third-order valence-corrected chi connectivity index (χ3v) is 6.70. The van der Waals surface area contributed by atoms with E-state index in [1.165, 1.54) is 11.1 Å². The van der Waals surface area contributed by atoms with Crippen LogP contribution in [0.1, 0.15) is 27.7 Å². The second kappa shape index (κ2) is 9.99. The molecule has 2 aromatic heterocycles. The van der Waals surface area contributed by atoms with Crippen molar-refractivity contribution in [2.45, 2.75) is 12.5 Å². The van der Waals surface area contributed by atoms with Crippen molar-refractivity contribution < 1.29 is 9.53 Å². The van der Waals surface area contributed by atoms with Gasteiger partial charge >= 0.3 is 0 Å². The number of nitrogens with zero attached hydrogens (tertiary/aromatic N) is 5. The van der Waals surface area contributed by atoms with Crippen LogP contribution in [0.2, 0.25) is 0 Å². The van der Waals surface area contributed by atoms with Gasteiger partial charge in [-0.15, -0.1) is 0 Å². The number of hydrogen-bond donors (Lipinski definition) is 3. The van der Waals surface area contributed by atoms with Gasteiger partial charge in [-0.05, 0) is 36.2 Å². The molecule has 1 aromatic carbocycles. The molecule has 0 bridgehead atoms. The van der Waals surface area contributed by atoms with Crippen molar-refractivity contribution in [3.63, 3.8) is 0 Å². The first-order valence-corrected chi connectivity index (χ1v) is 11.8. The Balaban J connectivity index is 1.41. The van der Waals surface area contributed by atoms with Gasteiger partial charge in [0, 0.05) is 37.4 Å². The zero-order chi connectivity index (χ0) is 24.4. The molecule has 35 heavy (non-hydrogen) atoms. The zero-order valence-corrected chi connectivity index (χ0v) is 19.8. The minimum absolute atomic E-state index is 0.0749. The number of rotatable bonds is 5. The summed E-state index contributed by atoms with van der Waals surface area (Å²) in [4.78, 5) is 30.7. The fourth-order valence-electron chi connectivity index (χ4n) is 4.75. The monoisotopic (exact) mass is 472 g/mol. The van der Waals surface area contributed by atoms with Gasteiger partial charge in [0.05, 0.1) is 42.7 Å². The molecule has 0 radical (unpaired) electrons. The van der Waals surface area contributed by atoms with Crippen LogP contribution >= 0.6 is 0 Å². The normalized spacial score (nSPS) is 18.2. The van der Waals surface area contributed by atoms with Crippen LogP contribution in [0.25, 0.3) is 11.3 Å². The Labute approximate surface area is 205 Å². The molecule has 10 nitrogen and oxygen atoms in total. The second-order valence-electron chi connectivity index (χ2n) is 8.83. The highest BCUT2D eigenvalue weighted by molar-refractivity contribution is 6.07. The number of carbonyl (C=O) groups is 1. The Bertz CT molecular complexity index is 1230. The molecule has 3 aromatic rings. The number of anilines is 3. The van der Waals surface area contributed by atoms with Crippen molar-refractivity contribution in [1.29, 1.82) is 0 Å². The number of nitrogens with two attached hydrogens (primary N) is 2. The second-order valence-corrected chi connectivity index (χ2v) is 8.83. The molecular formula is C24H29BN8O2. The van der Waals surface area contributed by atoms with Crippen LogP contribution in [-0.4, -0.2) is 73.0 Å². The zero-order valence-electron chi connectivity index (χ0n) is 19.8. The first-order chi connectivity index (χ1) is 17.0. The summed E-state index contributed by atoms with van der Waals surface area (Å²) in [6.07, 6.45) is 5.87. The lowest BCUT2D eigenvalue weighted by molar-refractivity contribution is 0.102. The highest BCUT2D eigenvalue weighted by Gasteiger charge is 2.24. The molecule has 1 amide bonds. The molecule has 4 heterocycles. The van der Waals surface area contributed by atoms with Crippen LogP contribution in [-0.2, 0) is 11.2 Å². The summed E-state index contributed by atoms with van der Waals surface area (Å²) in [6.45, 7) is 4.26. The predicted octanol–water partition coefficient (Wildman–Crippen LogP) is 0.616. The lowest BCUT2D eigenvalue weighted by atomic mass is 9.88. The molecule has 180 valence electrons. The van der Waals surface area contributed by atoms with Gasteiger partial charge in [-0.2, -0.15) is 0 Å². The molecule has 1 saturated heterocycles. The highest BCUT2D eigenvalue weighted by atomic mass is 16.5. The van der Waals surface area contributed by atoms with Gasteiger partial charge in [-0.25, -0.2) is 9.97 Å². The third kappa shape index (κ3) is 4.70. The van der Waals surface area contributed by atoms with Crippen LogP contribution < -0.4 is 21.7 Å². The Hall–Kier alpha value is -3.54. The average molecular weight is 472 g/mol. The van der Waals surface area contributed by atoms with Crippen LogP contribution in [0.15, 0.2) is 42.9 Å². The molecule has 0 saturated carbocycles. The third-order valence-electron chi connectivity index (χ3n) is 6.70. The Morgan fingerprint density at radius 2 is 2.03 bits per heavy atom. The minimum atomic E-state index is -0.429. The molecule has 5 rings (SSSR count). The maximum Gasteiger partial charge on any atom is 0.278 e. The number of aromatic nitrogens is 3. The Morgan fingerprint density at radius 3 is 2.83 bits per heavy atom. The first kappa shape index (κ1) is 23.2.